The van der Waals surface area contributed by atoms with E-state index in [9.17, 15) is 9.18 Å². The molecule has 1 aliphatic rings. The van der Waals surface area contributed by atoms with Gasteiger partial charge in [-0.2, -0.15) is 5.10 Å². The Morgan fingerprint density at radius 3 is 2.62 bits per heavy atom. The molecule has 1 saturated carbocycles. The van der Waals surface area contributed by atoms with E-state index in [1.807, 2.05) is 13.0 Å². The van der Waals surface area contributed by atoms with Gasteiger partial charge in [-0.05, 0) is 38.0 Å². The fourth-order valence-electron chi connectivity index (χ4n) is 3.04. The van der Waals surface area contributed by atoms with Crippen molar-refractivity contribution in [1.29, 1.82) is 0 Å². The first-order valence-electron chi connectivity index (χ1n) is 7.51. The molecule has 21 heavy (non-hydrogen) atoms. The molecule has 1 aromatic carbocycles. The fraction of sp³-hybridized carbons (Fsp3) is 0.412. The van der Waals surface area contributed by atoms with E-state index in [1.54, 1.807) is 12.1 Å². The van der Waals surface area contributed by atoms with Gasteiger partial charge in [0.1, 0.15) is 5.82 Å². The second kappa shape index (κ2) is 5.80. The number of aromatic nitrogens is 2. The second-order valence-electron chi connectivity index (χ2n) is 5.82. The fourth-order valence-corrected chi connectivity index (χ4v) is 3.04. The van der Waals surface area contributed by atoms with Crippen LogP contribution in [0.4, 0.5) is 4.39 Å². The zero-order chi connectivity index (χ0) is 14.8. The van der Waals surface area contributed by atoms with Crippen molar-refractivity contribution in [2.45, 2.75) is 39.0 Å². The van der Waals surface area contributed by atoms with E-state index < -0.39 is 5.82 Å². The van der Waals surface area contributed by atoms with Crippen molar-refractivity contribution in [3.8, 4) is 11.3 Å². The largest absolute Gasteiger partial charge is 0.294 e. The highest BCUT2D eigenvalue weighted by Gasteiger charge is 2.24. The number of hydrogen-bond acceptors (Lipinski definition) is 2. The predicted molar refractivity (Wildman–Crippen MR) is 79.6 cm³/mol. The Morgan fingerprint density at radius 1 is 1.24 bits per heavy atom. The van der Waals surface area contributed by atoms with Gasteiger partial charge in [-0.3, -0.25) is 9.89 Å². The second-order valence-corrected chi connectivity index (χ2v) is 5.82. The number of carbonyl (C=O) groups is 1. The Morgan fingerprint density at radius 2 is 2.00 bits per heavy atom. The minimum atomic E-state index is -0.435. The van der Waals surface area contributed by atoms with E-state index in [2.05, 4.69) is 10.2 Å². The van der Waals surface area contributed by atoms with Crippen LogP contribution in [0.3, 0.4) is 0 Å². The standard InChI is InChI=1S/C17H19FN2O/c1-11-9-16(20-19-11)13-7-8-14(15(18)10-13)17(21)12-5-3-2-4-6-12/h7-10,12H,2-6H2,1H3,(H,19,20). The molecule has 110 valence electrons. The lowest BCUT2D eigenvalue weighted by atomic mass is 9.83. The predicted octanol–water partition coefficient (Wildman–Crippen LogP) is 4.29. The number of aryl methyl sites for hydroxylation is 1. The van der Waals surface area contributed by atoms with Crippen molar-refractivity contribution in [2.24, 2.45) is 5.92 Å². The molecule has 3 nitrogen and oxygen atoms in total. The Hall–Kier alpha value is -1.97. The number of H-pyrrole nitrogens is 1. The third-order valence-electron chi connectivity index (χ3n) is 4.23. The van der Waals surface area contributed by atoms with Crippen molar-refractivity contribution in [3.05, 3.63) is 41.3 Å². The van der Waals surface area contributed by atoms with Crippen LogP contribution in [0.2, 0.25) is 0 Å². The maximum Gasteiger partial charge on any atom is 0.168 e. The first kappa shape index (κ1) is 14.0. The van der Waals surface area contributed by atoms with E-state index in [0.29, 0.717) is 5.56 Å². The van der Waals surface area contributed by atoms with Gasteiger partial charge in [0.25, 0.3) is 0 Å². The van der Waals surface area contributed by atoms with E-state index in [1.165, 1.54) is 12.5 Å². The van der Waals surface area contributed by atoms with Crippen LogP contribution >= 0.6 is 0 Å². The van der Waals surface area contributed by atoms with Gasteiger partial charge >= 0.3 is 0 Å². The topological polar surface area (TPSA) is 45.8 Å². The normalized spacial score (nSPS) is 16.1. The number of aromatic amines is 1. The molecule has 0 saturated heterocycles. The van der Waals surface area contributed by atoms with Gasteiger partial charge in [0.05, 0.1) is 17.0 Å². The number of halogens is 1. The Kier molecular flexibility index (Phi) is 3.86. The number of ketones is 1. The smallest absolute Gasteiger partial charge is 0.168 e. The van der Waals surface area contributed by atoms with Gasteiger partial charge in [-0.15, -0.1) is 0 Å². The molecule has 3 rings (SSSR count). The number of hydrogen-bond donors (Lipinski definition) is 1. The number of nitrogens with one attached hydrogen (secondary N) is 1. The van der Waals surface area contributed by atoms with Crippen molar-refractivity contribution in [1.82, 2.24) is 10.2 Å². The van der Waals surface area contributed by atoms with Crippen LogP contribution in [-0.2, 0) is 0 Å². The molecule has 0 radical (unpaired) electrons. The first-order chi connectivity index (χ1) is 10.1. The van der Waals surface area contributed by atoms with Gasteiger partial charge in [0, 0.05) is 11.5 Å². The summed E-state index contributed by atoms with van der Waals surface area (Å²) in [5, 5.41) is 6.90. The summed E-state index contributed by atoms with van der Waals surface area (Å²) in [6.07, 6.45) is 5.11. The van der Waals surface area contributed by atoms with Crippen LogP contribution in [0.5, 0.6) is 0 Å². The van der Waals surface area contributed by atoms with Crippen LogP contribution in [-0.4, -0.2) is 16.0 Å². The third kappa shape index (κ3) is 2.89. The Balaban J connectivity index is 1.85. The molecular weight excluding hydrogens is 267 g/mol. The van der Waals surface area contributed by atoms with Gasteiger partial charge in [0.15, 0.2) is 5.78 Å². The molecule has 1 aliphatic carbocycles. The Bertz CT molecular complexity index is 657. The minimum Gasteiger partial charge on any atom is -0.294 e. The molecule has 2 aromatic rings. The van der Waals surface area contributed by atoms with Gasteiger partial charge < -0.3 is 0 Å². The lowest BCUT2D eigenvalue weighted by molar-refractivity contribution is 0.0885. The monoisotopic (exact) mass is 286 g/mol. The maximum absolute atomic E-state index is 14.3. The van der Waals surface area contributed by atoms with E-state index in [-0.39, 0.29) is 17.3 Å². The summed E-state index contributed by atoms with van der Waals surface area (Å²) >= 11 is 0. The molecule has 0 amide bonds. The number of rotatable bonds is 3. The summed E-state index contributed by atoms with van der Waals surface area (Å²) < 4.78 is 14.3. The van der Waals surface area contributed by atoms with Gasteiger partial charge in [-0.1, -0.05) is 25.3 Å². The average Bonchev–Trinajstić information content (AvgIpc) is 2.94. The third-order valence-corrected chi connectivity index (χ3v) is 4.23. The minimum absolute atomic E-state index is 0.00602. The SMILES string of the molecule is Cc1cc(-c2ccc(C(=O)C3CCCCC3)c(F)c2)[nH]n1. The zero-order valence-corrected chi connectivity index (χ0v) is 12.2. The molecular formula is C17H19FN2O. The highest BCUT2D eigenvalue weighted by Crippen LogP contribution is 2.29. The molecule has 0 aliphatic heterocycles. The van der Waals surface area contributed by atoms with Crippen LogP contribution in [0.1, 0.15) is 48.2 Å². The van der Waals surface area contributed by atoms with Crippen molar-refractivity contribution in [3.63, 3.8) is 0 Å². The molecule has 1 N–H and O–H groups in total. The molecule has 1 fully saturated rings. The van der Waals surface area contributed by atoms with E-state index in [4.69, 9.17) is 0 Å². The number of nitrogens with zero attached hydrogens (tertiary/aromatic N) is 1. The average molecular weight is 286 g/mol. The van der Waals surface area contributed by atoms with Gasteiger partial charge in [0.2, 0.25) is 0 Å². The van der Waals surface area contributed by atoms with Crippen molar-refractivity contribution >= 4 is 5.78 Å². The lowest BCUT2D eigenvalue weighted by Gasteiger charge is -2.20. The summed E-state index contributed by atoms with van der Waals surface area (Å²) in [6, 6.07) is 6.67. The first-order valence-corrected chi connectivity index (χ1v) is 7.51. The molecule has 4 heteroatoms. The number of benzene rings is 1. The van der Waals surface area contributed by atoms with Crippen LogP contribution in [0, 0.1) is 18.7 Å². The van der Waals surface area contributed by atoms with Crippen molar-refractivity contribution < 1.29 is 9.18 Å². The maximum atomic E-state index is 14.3. The van der Waals surface area contributed by atoms with Crippen molar-refractivity contribution in [2.75, 3.05) is 0 Å². The van der Waals surface area contributed by atoms with E-state index in [0.717, 1.165) is 37.1 Å². The molecule has 0 unspecified atom stereocenters. The van der Waals surface area contributed by atoms with E-state index >= 15 is 0 Å². The molecule has 1 aromatic heterocycles. The molecule has 0 atom stereocenters. The highest BCUT2D eigenvalue weighted by atomic mass is 19.1. The molecule has 1 heterocycles. The number of carbonyl (C=O) groups excluding carboxylic acids is 1. The quantitative estimate of drug-likeness (QED) is 0.856. The summed E-state index contributed by atoms with van der Waals surface area (Å²) in [6.45, 7) is 1.87. The molecule has 0 spiro atoms. The lowest BCUT2D eigenvalue weighted by Crippen LogP contribution is -2.19. The summed E-state index contributed by atoms with van der Waals surface area (Å²) in [5.74, 6) is -0.483. The van der Waals surface area contributed by atoms with Crippen LogP contribution in [0.15, 0.2) is 24.3 Å². The Labute approximate surface area is 123 Å². The van der Waals surface area contributed by atoms with Gasteiger partial charge in [-0.25, -0.2) is 4.39 Å². The molecule has 0 bridgehead atoms. The highest BCUT2D eigenvalue weighted by molar-refractivity contribution is 5.98. The summed E-state index contributed by atoms with van der Waals surface area (Å²) in [4.78, 5) is 12.4. The van der Waals surface area contributed by atoms with Crippen LogP contribution < -0.4 is 0 Å². The zero-order valence-electron chi connectivity index (χ0n) is 12.2. The van der Waals surface area contributed by atoms with Crippen LogP contribution in [0.25, 0.3) is 11.3 Å². The number of Topliss-reactive ketones (excluding diaryl/α,β-unsaturated/α-hetero) is 1. The summed E-state index contributed by atoms with van der Waals surface area (Å²) in [5.41, 5.74) is 2.56. The summed E-state index contributed by atoms with van der Waals surface area (Å²) in [7, 11) is 0.